The summed E-state index contributed by atoms with van der Waals surface area (Å²) in [7, 11) is 0. The molecular weight excluding hydrogens is 208 g/mol. The second-order valence-corrected chi connectivity index (χ2v) is 6.83. The van der Waals surface area contributed by atoms with Gasteiger partial charge >= 0.3 is 0 Å². The molecule has 2 fully saturated rings. The Balaban J connectivity index is 2.12. The molecule has 1 aliphatic heterocycles. The van der Waals surface area contributed by atoms with Crippen molar-refractivity contribution in [2.75, 3.05) is 19.6 Å². The van der Waals surface area contributed by atoms with Crippen molar-refractivity contribution in [3.63, 3.8) is 0 Å². The highest BCUT2D eigenvalue weighted by molar-refractivity contribution is 5.07. The summed E-state index contributed by atoms with van der Waals surface area (Å²) in [4.78, 5) is 2.74. The van der Waals surface area contributed by atoms with Crippen LogP contribution in [-0.2, 0) is 0 Å². The molecule has 0 unspecified atom stereocenters. The van der Waals surface area contributed by atoms with E-state index in [1.54, 1.807) is 0 Å². The Morgan fingerprint density at radius 2 is 1.88 bits per heavy atom. The molecule has 2 rings (SSSR count). The van der Waals surface area contributed by atoms with Gasteiger partial charge in [-0.1, -0.05) is 24.5 Å². The summed E-state index contributed by atoms with van der Waals surface area (Å²) in [5, 5.41) is 3.75. The lowest BCUT2D eigenvalue weighted by Crippen LogP contribution is -2.67. The molecule has 0 aromatic rings. The Labute approximate surface area is 106 Å². The Morgan fingerprint density at radius 1 is 1.24 bits per heavy atom. The van der Waals surface area contributed by atoms with Gasteiger partial charge in [0.1, 0.15) is 0 Å². The quantitative estimate of drug-likeness (QED) is 0.742. The maximum absolute atomic E-state index is 3.75. The first-order valence-electron chi connectivity index (χ1n) is 7.07. The predicted octanol–water partition coefficient (Wildman–Crippen LogP) is 2.95. The first-order valence-corrected chi connectivity index (χ1v) is 7.07. The third-order valence-electron chi connectivity index (χ3n) is 4.41. The van der Waals surface area contributed by atoms with Crippen molar-refractivity contribution in [2.24, 2.45) is 0 Å². The first-order chi connectivity index (χ1) is 7.94. The summed E-state index contributed by atoms with van der Waals surface area (Å²) < 4.78 is 0. The Hall–Kier alpha value is -0.340. The summed E-state index contributed by atoms with van der Waals surface area (Å²) in [6, 6.07) is 0. The normalized spacial score (nSPS) is 27.3. The van der Waals surface area contributed by atoms with Gasteiger partial charge in [0.15, 0.2) is 0 Å². The Kier molecular flexibility index (Phi) is 3.65. The lowest BCUT2D eigenvalue weighted by atomic mass is 9.87. The molecule has 0 aromatic carbocycles. The molecule has 0 radical (unpaired) electrons. The highest BCUT2D eigenvalue weighted by Crippen LogP contribution is 2.38. The molecule has 2 heteroatoms. The van der Waals surface area contributed by atoms with E-state index in [9.17, 15) is 0 Å². The average molecular weight is 236 g/mol. The molecule has 0 amide bonds. The van der Waals surface area contributed by atoms with Gasteiger partial charge in [0.05, 0.1) is 0 Å². The van der Waals surface area contributed by atoms with E-state index >= 15 is 0 Å². The zero-order valence-corrected chi connectivity index (χ0v) is 12.0. The van der Waals surface area contributed by atoms with Crippen molar-refractivity contribution in [3.05, 3.63) is 11.6 Å². The highest BCUT2D eigenvalue weighted by atomic mass is 15.3. The van der Waals surface area contributed by atoms with E-state index < -0.39 is 0 Å². The Bertz CT molecular complexity index is 294. The van der Waals surface area contributed by atoms with E-state index in [1.807, 2.05) is 0 Å². The molecular formula is C15H28N2. The molecule has 0 aromatic heterocycles. The minimum absolute atomic E-state index is 0.267. The number of rotatable bonds is 2. The number of piperazine rings is 1. The van der Waals surface area contributed by atoms with Crippen molar-refractivity contribution in [2.45, 2.75) is 64.5 Å². The third-order valence-corrected chi connectivity index (χ3v) is 4.41. The van der Waals surface area contributed by atoms with E-state index in [2.05, 4.69) is 44.0 Å². The van der Waals surface area contributed by atoms with Crippen molar-refractivity contribution < 1.29 is 0 Å². The SMILES string of the molecule is CC(C)=CCN1CC(C)(C)NCC12CCCC2. The minimum atomic E-state index is 0.267. The predicted molar refractivity (Wildman–Crippen MR) is 74.3 cm³/mol. The number of allylic oxidation sites excluding steroid dienone is 1. The van der Waals surface area contributed by atoms with Crippen molar-refractivity contribution in [3.8, 4) is 0 Å². The van der Waals surface area contributed by atoms with Crippen molar-refractivity contribution in [1.29, 1.82) is 0 Å². The van der Waals surface area contributed by atoms with Gasteiger partial charge in [-0.3, -0.25) is 4.90 Å². The maximum Gasteiger partial charge on any atom is 0.0338 e. The third kappa shape index (κ3) is 2.92. The zero-order chi connectivity index (χ0) is 12.5. The fraction of sp³-hybridized carbons (Fsp3) is 0.867. The van der Waals surface area contributed by atoms with Crippen LogP contribution in [0.5, 0.6) is 0 Å². The van der Waals surface area contributed by atoms with Crippen LogP contribution in [0.4, 0.5) is 0 Å². The molecule has 1 heterocycles. The molecule has 0 bridgehead atoms. The second kappa shape index (κ2) is 4.74. The number of hydrogen-bond donors (Lipinski definition) is 1. The molecule has 1 saturated heterocycles. The molecule has 1 saturated carbocycles. The summed E-state index contributed by atoms with van der Waals surface area (Å²) in [6.07, 6.45) is 7.97. The first kappa shape index (κ1) is 13.1. The maximum atomic E-state index is 3.75. The van der Waals surface area contributed by atoms with Gasteiger partial charge < -0.3 is 5.32 Å². The number of nitrogens with zero attached hydrogens (tertiary/aromatic N) is 1. The number of hydrogen-bond acceptors (Lipinski definition) is 2. The van der Waals surface area contributed by atoms with Crippen molar-refractivity contribution in [1.82, 2.24) is 10.2 Å². The van der Waals surface area contributed by atoms with E-state index in [0.29, 0.717) is 5.54 Å². The van der Waals surface area contributed by atoms with Gasteiger partial charge in [0.2, 0.25) is 0 Å². The van der Waals surface area contributed by atoms with Gasteiger partial charge in [0, 0.05) is 30.7 Å². The van der Waals surface area contributed by atoms with Gasteiger partial charge in [-0.2, -0.15) is 0 Å². The summed E-state index contributed by atoms with van der Waals surface area (Å²) in [5.41, 5.74) is 2.17. The smallest absolute Gasteiger partial charge is 0.0338 e. The minimum Gasteiger partial charge on any atom is -0.309 e. The highest BCUT2D eigenvalue weighted by Gasteiger charge is 2.44. The van der Waals surface area contributed by atoms with E-state index in [1.165, 1.54) is 44.3 Å². The van der Waals surface area contributed by atoms with Crippen LogP contribution in [0.1, 0.15) is 53.4 Å². The van der Waals surface area contributed by atoms with Crippen LogP contribution in [0.3, 0.4) is 0 Å². The molecule has 17 heavy (non-hydrogen) atoms. The molecule has 2 aliphatic rings. The second-order valence-electron chi connectivity index (χ2n) is 6.83. The van der Waals surface area contributed by atoms with Crippen LogP contribution in [0, 0.1) is 0 Å². The molecule has 98 valence electrons. The molecule has 1 aliphatic carbocycles. The Morgan fingerprint density at radius 3 is 2.47 bits per heavy atom. The number of nitrogens with one attached hydrogen (secondary N) is 1. The van der Waals surface area contributed by atoms with Crippen LogP contribution >= 0.6 is 0 Å². The van der Waals surface area contributed by atoms with Crippen LogP contribution in [0.2, 0.25) is 0 Å². The fourth-order valence-electron chi connectivity index (χ4n) is 3.29. The van der Waals surface area contributed by atoms with E-state index in [0.717, 1.165) is 6.54 Å². The lowest BCUT2D eigenvalue weighted by molar-refractivity contribution is 0.0289. The van der Waals surface area contributed by atoms with Crippen LogP contribution in [0.25, 0.3) is 0 Å². The van der Waals surface area contributed by atoms with Crippen LogP contribution in [-0.4, -0.2) is 35.6 Å². The van der Waals surface area contributed by atoms with Gasteiger partial charge in [-0.25, -0.2) is 0 Å². The van der Waals surface area contributed by atoms with Gasteiger partial charge in [-0.15, -0.1) is 0 Å². The molecule has 2 nitrogen and oxygen atoms in total. The van der Waals surface area contributed by atoms with Crippen molar-refractivity contribution >= 4 is 0 Å². The van der Waals surface area contributed by atoms with Crippen LogP contribution in [0.15, 0.2) is 11.6 Å². The standard InChI is InChI=1S/C15H28N2/c1-13(2)7-10-17-12-14(3,4)16-11-15(17)8-5-6-9-15/h7,16H,5-6,8-12H2,1-4H3. The fourth-order valence-corrected chi connectivity index (χ4v) is 3.29. The zero-order valence-electron chi connectivity index (χ0n) is 12.0. The average Bonchev–Trinajstić information content (AvgIpc) is 2.70. The monoisotopic (exact) mass is 236 g/mol. The van der Waals surface area contributed by atoms with E-state index in [4.69, 9.17) is 0 Å². The molecule has 1 spiro atoms. The summed E-state index contributed by atoms with van der Waals surface area (Å²) in [6.45, 7) is 12.5. The van der Waals surface area contributed by atoms with E-state index in [-0.39, 0.29) is 5.54 Å². The lowest BCUT2D eigenvalue weighted by Gasteiger charge is -2.51. The van der Waals surface area contributed by atoms with Gasteiger partial charge in [0.25, 0.3) is 0 Å². The summed E-state index contributed by atoms with van der Waals surface area (Å²) >= 11 is 0. The molecule has 0 atom stereocenters. The summed E-state index contributed by atoms with van der Waals surface area (Å²) in [5.74, 6) is 0. The molecule has 1 N–H and O–H groups in total. The largest absolute Gasteiger partial charge is 0.309 e. The van der Waals surface area contributed by atoms with Gasteiger partial charge in [-0.05, 0) is 40.5 Å². The van der Waals surface area contributed by atoms with Crippen LogP contribution < -0.4 is 5.32 Å². The topological polar surface area (TPSA) is 15.3 Å².